The van der Waals surface area contributed by atoms with Crippen LogP contribution in [0.2, 0.25) is 0 Å². The van der Waals surface area contributed by atoms with E-state index in [2.05, 4.69) is 83.2 Å². The second kappa shape index (κ2) is 8.48. The fourth-order valence-corrected chi connectivity index (χ4v) is 5.07. The first-order valence-corrected chi connectivity index (χ1v) is 11.5. The Bertz CT molecular complexity index is 1210. The largest absolute Gasteiger partial charge is 0.331 e. The molecule has 0 N–H and O–H groups in total. The molecule has 0 saturated carbocycles. The fourth-order valence-electron chi connectivity index (χ4n) is 4.45. The molecule has 2 heterocycles. The number of thiazole rings is 1. The lowest BCUT2D eigenvalue weighted by Crippen LogP contribution is -2.27. The van der Waals surface area contributed by atoms with Gasteiger partial charge in [-0.2, -0.15) is 0 Å². The highest BCUT2D eigenvalue weighted by molar-refractivity contribution is 7.09. The van der Waals surface area contributed by atoms with Gasteiger partial charge in [0, 0.05) is 23.9 Å². The van der Waals surface area contributed by atoms with E-state index < -0.39 is 0 Å². The molecule has 1 fully saturated rings. The highest BCUT2D eigenvalue weighted by Gasteiger charge is 2.33. The molecule has 0 spiro atoms. The lowest BCUT2D eigenvalue weighted by atomic mass is 9.93. The van der Waals surface area contributed by atoms with Gasteiger partial charge in [0.15, 0.2) is 0 Å². The molecule has 1 amide bonds. The van der Waals surface area contributed by atoms with Crippen molar-refractivity contribution < 1.29 is 4.79 Å². The van der Waals surface area contributed by atoms with Crippen molar-refractivity contribution in [3.63, 3.8) is 0 Å². The summed E-state index contributed by atoms with van der Waals surface area (Å²) < 4.78 is 0. The van der Waals surface area contributed by atoms with Crippen LogP contribution in [-0.4, -0.2) is 15.8 Å². The van der Waals surface area contributed by atoms with Crippen LogP contribution in [0.3, 0.4) is 0 Å². The number of hydrogen-bond acceptors (Lipinski definition) is 3. The van der Waals surface area contributed by atoms with Crippen LogP contribution >= 0.6 is 11.3 Å². The molecule has 0 aliphatic carbocycles. The number of likely N-dealkylation sites (tertiary alicyclic amines) is 1. The summed E-state index contributed by atoms with van der Waals surface area (Å²) in [7, 11) is 0. The van der Waals surface area contributed by atoms with Crippen LogP contribution in [0.25, 0.3) is 22.4 Å². The number of carbonyl (C=O) groups excluding carboxylic acids is 1. The first-order valence-electron chi connectivity index (χ1n) is 10.6. The van der Waals surface area contributed by atoms with Gasteiger partial charge in [0.25, 0.3) is 0 Å². The minimum absolute atomic E-state index is 0.0917. The third-order valence-electron chi connectivity index (χ3n) is 5.93. The van der Waals surface area contributed by atoms with Gasteiger partial charge in [-0.25, -0.2) is 4.98 Å². The number of aromatic nitrogens is 1. The SMILES string of the molecule is Cc1nc(-c2cccc(CN3C(=O)CCC3c3ccccc3-c3ccccc3)c2)cs1. The third kappa shape index (κ3) is 4.04. The average molecular weight is 425 g/mol. The minimum Gasteiger partial charge on any atom is -0.331 e. The molecule has 154 valence electrons. The molecule has 0 bridgehead atoms. The third-order valence-corrected chi connectivity index (χ3v) is 6.70. The quantitative estimate of drug-likeness (QED) is 0.359. The molecule has 31 heavy (non-hydrogen) atoms. The predicted octanol–water partition coefficient (Wildman–Crippen LogP) is 6.65. The number of rotatable bonds is 5. The number of benzene rings is 3. The van der Waals surface area contributed by atoms with Gasteiger partial charge in [0.05, 0.1) is 16.7 Å². The Morgan fingerprint density at radius 2 is 1.74 bits per heavy atom. The maximum absolute atomic E-state index is 12.9. The molecule has 1 aliphatic rings. The topological polar surface area (TPSA) is 33.2 Å². The van der Waals surface area contributed by atoms with Crippen molar-refractivity contribution in [2.75, 3.05) is 0 Å². The Hall–Kier alpha value is -3.24. The Morgan fingerprint density at radius 1 is 0.968 bits per heavy atom. The molecular weight excluding hydrogens is 400 g/mol. The van der Waals surface area contributed by atoms with Gasteiger partial charge in [-0.3, -0.25) is 4.79 Å². The van der Waals surface area contributed by atoms with E-state index in [-0.39, 0.29) is 11.9 Å². The molecule has 3 aromatic carbocycles. The maximum Gasteiger partial charge on any atom is 0.223 e. The van der Waals surface area contributed by atoms with Gasteiger partial charge in [-0.15, -0.1) is 11.3 Å². The molecule has 1 saturated heterocycles. The first kappa shape index (κ1) is 19.7. The van der Waals surface area contributed by atoms with Crippen molar-refractivity contribution in [2.45, 2.75) is 32.4 Å². The minimum atomic E-state index is 0.0917. The number of nitrogens with zero attached hydrogens (tertiary/aromatic N) is 2. The van der Waals surface area contributed by atoms with E-state index in [9.17, 15) is 4.79 Å². The van der Waals surface area contributed by atoms with Crippen LogP contribution in [-0.2, 0) is 11.3 Å². The molecule has 1 aromatic heterocycles. The van der Waals surface area contributed by atoms with Crippen LogP contribution in [0.1, 0.15) is 35.0 Å². The highest BCUT2D eigenvalue weighted by Crippen LogP contribution is 2.39. The zero-order valence-corrected chi connectivity index (χ0v) is 18.3. The zero-order chi connectivity index (χ0) is 21.2. The van der Waals surface area contributed by atoms with Crippen LogP contribution in [0.15, 0.2) is 84.2 Å². The number of amides is 1. The van der Waals surface area contributed by atoms with Gasteiger partial charge >= 0.3 is 0 Å². The summed E-state index contributed by atoms with van der Waals surface area (Å²) in [6.45, 7) is 2.64. The molecule has 1 unspecified atom stereocenters. The fraction of sp³-hybridized carbons (Fsp3) is 0.185. The van der Waals surface area contributed by atoms with Crippen molar-refractivity contribution in [1.82, 2.24) is 9.88 Å². The summed E-state index contributed by atoms with van der Waals surface area (Å²) in [6, 6.07) is 27.4. The van der Waals surface area contributed by atoms with E-state index in [1.807, 2.05) is 17.9 Å². The number of carbonyl (C=O) groups is 1. The molecular formula is C27H24N2OS. The van der Waals surface area contributed by atoms with E-state index in [0.717, 1.165) is 28.2 Å². The van der Waals surface area contributed by atoms with Gasteiger partial charge in [-0.1, -0.05) is 72.8 Å². The van der Waals surface area contributed by atoms with Gasteiger partial charge in [0.2, 0.25) is 5.91 Å². The Kier molecular flexibility index (Phi) is 5.39. The van der Waals surface area contributed by atoms with Crippen molar-refractivity contribution >= 4 is 17.2 Å². The number of aryl methyl sites for hydroxylation is 1. The van der Waals surface area contributed by atoms with Crippen molar-refractivity contribution in [2.24, 2.45) is 0 Å². The summed E-state index contributed by atoms with van der Waals surface area (Å²) >= 11 is 1.66. The van der Waals surface area contributed by atoms with Crippen LogP contribution in [0, 0.1) is 6.92 Å². The molecule has 0 radical (unpaired) electrons. The van der Waals surface area contributed by atoms with Crippen molar-refractivity contribution in [3.05, 3.63) is 100 Å². The average Bonchev–Trinajstić information content (AvgIpc) is 3.40. The normalized spacial score (nSPS) is 16.1. The van der Waals surface area contributed by atoms with E-state index in [1.165, 1.54) is 16.7 Å². The summed E-state index contributed by atoms with van der Waals surface area (Å²) in [5.41, 5.74) is 6.88. The van der Waals surface area contributed by atoms with E-state index in [1.54, 1.807) is 11.3 Å². The lowest BCUT2D eigenvalue weighted by molar-refractivity contribution is -0.129. The van der Waals surface area contributed by atoms with E-state index in [4.69, 9.17) is 0 Å². The zero-order valence-electron chi connectivity index (χ0n) is 17.5. The summed E-state index contributed by atoms with van der Waals surface area (Å²) in [6.07, 6.45) is 1.45. The van der Waals surface area contributed by atoms with Gasteiger partial charge in [0.1, 0.15) is 0 Å². The summed E-state index contributed by atoms with van der Waals surface area (Å²) in [5.74, 6) is 0.225. The van der Waals surface area contributed by atoms with E-state index in [0.29, 0.717) is 13.0 Å². The van der Waals surface area contributed by atoms with Crippen LogP contribution < -0.4 is 0 Å². The Morgan fingerprint density at radius 3 is 2.55 bits per heavy atom. The molecule has 4 heteroatoms. The molecule has 1 atom stereocenters. The molecule has 3 nitrogen and oxygen atoms in total. The second-order valence-electron chi connectivity index (χ2n) is 7.98. The number of hydrogen-bond donors (Lipinski definition) is 0. The first-order chi connectivity index (χ1) is 15.2. The molecule has 5 rings (SSSR count). The van der Waals surface area contributed by atoms with Crippen LogP contribution in [0.4, 0.5) is 0 Å². The van der Waals surface area contributed by atoms with Gasteiger partial charge < -0.3 is 4.90 Å². The highest BCUT2D eigenvalue weighted by atomic mass is 32.1. The van der Waals surface area contributed by atoms with Crippen molar-refractivity contribution in [3.8, 4) is 22.4 Å². The summed E-state index contributed by atoms with van der Waals surface area (Å²) in [4.78, 5) is 19.5. The van der Waals surface area contributed by atoms with Gasteiger partial charge in [-0.05, 0) is 41.7 Å². The Balaban J connectivity index is 1.46. The second-order valence-corrected chi connectivity index (χ2v) is 9.04. The smallest absolute Gasteiger partial charge is 0.223 e. The summed E-state index contributed by atoms with van der Waals surface area (Å²) in [5, 5.41) is 3.15. The lowest BCUT2D eigenvalue weighted by Gasteiger charge is -2.27. The molecule has 1 aliphatic heterocycles. The van der Waals surface area contributed by atoms with Crippen molar-refractivity contribution in [1.29, 1.82) is 0 Å². The predicted molar refractivity (Wildman–Crippen MR) is 127 cm³/mol. The van der Waals surface area contributed by atoms with Crippen LogP contribution in [0.5, 0.6) is 0 Å². The van der Waals surface area contributed by atoms with E-state index >= 15 is 0 Å². The maximum atomic E-state index is 12.9. The standard InChI is InChI=1S/C27H24N2OS/c1-19-28-25(18-31-19)22-11-7-8-20(16-22)17-29-26(14-15-27(29)30)24-13-6-5-12-23(24)21-9-3-2-4-10-21/h2-13,16,18,26H,14-15,17H2,1H3. The monoisotopic (exact) mass is 424 g/mol. The molecule has 4 aromatic rings. The Labute approximate surface area is 187 Å².